The maximum Gasteiger partial charge on any atom is 0.449 e. The minimum Gasteiger partial charge on any atom is -0.456 e. The SMILES string of the molecule is Cc1sc2nc(COC(=O)Cn3c(C(F)(F)F)nc4ccccc43)[nH]c(=O)c2c1C. The number of rotatable bonds is 4. The van der Waals surface area contributed by atoms with E-state index in [1.54, 1.807) is 12.1 Å². The maximum absolute atomic E-state index is 13.3. The van der Waals surface area contributed by atoms with Crippen LogP contribution in [0.25, 0.3) is 21.3 Å². The summed E-state index contributed by atoms with van der Waals surface area (Å²) in [5.41, 5.74) is 0.767. The summed E-state index contributed by atoms with van der Waals surface area (Å²) in [6, 6.07) is 5.99. The zero-order chi connectivity index (χ0) is 21.6. The molecule has 4 aromatic rings. The molecule has 0 amide bonds. The van der Waals surface area contributed by atoms with Crippen LogP contribution >= 0.6 is 11.3 Å². The molecule has 7 nitrogen and oxygen atoms in total. The van der Waals surface area contributed by atoms with Gasteiger partial charge in [-0.1, -0.05) is 12.1 Å². The van der Waals surface area contributed by atoms with Crippen molar-refractivity contribution in [2.24, 2.45) is 0 Å². The van der Waals surface area contributed by atoms with Crippen LogP contribution in [0.4, 0.5) is 13.2 Å². The van der Waals surface area contributed by atoms with Crippen LogP contribution in [0, 0.1) is 13.8 Å². The van der Waals surface area contributed by atoms with E-state index in [0.29, 0.717) is 10.2 Å². The van der Waals surface area contributed by atoms with E-state index in [2.05, 4.69) is 15.0 Å². The Bertz CT molecular complexity index is 1340. The number of halogens is 3. The second-order valence-electron chi connectivity index (χ2n) is 6.64. The largest absolute Gasteiger partial charge is 0.456 e. The second kappa shape index (κ2) is 7.24. The van der Waals surface area contributed by atoms with E-state index in [1.807, 2.05) is 13.8 Å². The highest BCUT2D eigenvalue weighted by Gasteiger charge is 2.38. The number of hydrogen-bond acceptors (Lipinski definition) is 6. The zero-order valence-corrected chi connectivity index (χ0v) is 16.6. The summed E-state index contributed by atoms with van der Waals surface area (Å²) >= 11 is 1.34. The molecule has 156 valence electrons. The number of aryl methyl sites for hydroxylation is 2. The van der Waals surface area contributed by atoms with Gasteiger partial charge in [0, 0.05) is 4.88 Å². The molecule has 0 aliphatic rings. The molecule has 0 fully saturated rings. The number of benzene rings is 1. The lowest BCUT2D eigenvalue weighted by molar-refractivity contribution is -0.151. The molecule has 0 saturated carbocycles. The van der Waals surface area contributed by atoms with Gasteiger partial charge in [0.1, 0.15) is 23.8 Å². The fourth-order valence-corrected chi connectivity index (χ4v) is 4.19. The Balaban J connectivity index is 1.56. The lowest BCUT2D eigenvalue weighted by Crippen LogP contribution is -2.21. The number of para-hydroxylation sites is 2. The van der Waals surface area contributed by atoms with Crippen LogP contribution in [0.3, 0.4) is 0 Å². The number of alkyl halides is 3. The van der Waals surface area contributed by atoms with Gasteiger partial charge < -0.3 is 14.3 Å². The van der Waals surface area contributed by atoms with Crippen molar-refractivity contribution in [2.45, 2.75) is 33.2 Å². The first-order chi connectivity index (χ1) is 14.1. The first-order valence-corrected chi connectivity index (χ1v) is 9.64. The van der Waals surface area contributed by atoms with Crippen molar-refractivity contribution >= 4 is 38.6 Å². The number of nitrogens with zero attached hydrogens (tertiary/aromatic N) is 3. The van der Waals surface area contributed by atoms with Gasteiger partial charge in [-0.15, -0.1) is 11.3 Å². The molecule has 3 aromatic heterocycles. The van der Waals surface area contributed by atoms with E-state index in [-0.39, 0.29) is 29.0 Å². The van der Waals surface area contributed by atoms with Crippen LogP contribution in [0.2, 0.25) is 0 Å². The monoisotopic (exact) mass is 436 g/mol. The molecule has 1 aromatic carbocycles. The van der Waals surface area contributed by atoms with E-state index in [4.69, 9.17) is 4.74 Å². The molecule has 4 rings (SSSR count). The van der Waals surface area contributed by atoms with Gasteiger partial charge in [-0.2, -0.15) is 13.2 Å². The molecule has 0 bridgehead atoms. The van der Waals surface area contributed by atoms with Crippen LogP contribution in [0.1, 0.15) is 22.1 Å². The van der Waals surface area contributed by atoms with Crippen LogP contribution in [0.15, 0.2) is 29.1 Å². The molecule has 3 heterocycles. The molecule has 0 atom stereocenters. The normalized spacial score (nSPS) is 12.0. The number of carbonyl (C=O) groups is 1. The Kier molecular flexibility index (Phi) is 4.85. The Hall–Kier alpha value is -3.21. The van der Waals surface area contributed by atoms with Crippen molar-refractivity contribution < 1.29 is 22.7 Å². The molecule has 11 heteroatoms. The van der Waals surface area contributed by atoms with Gasteiger partial charge in [-0.05, 0) is 31.5 Å². The van der Waals surface area contributed by atoms with E-state index in [0.717, 1.165) is 15.0 Å². The van der Waals surface area contributed by atoms with E-state index in [9.17, 15) is 22.8 Å². The van der Waals surface area contributed by atoms with Gasteiger partial charge in [0.25, 0.3) is 5.56 Å². The second-order valence-corrected chi connectivity index (χ2v) is 7.85. The summed E-state index contributed by atoms with van der Waals surface area (Å²) in [5, 5.41) is 0.479. The molecule has 0 saturated heterocycles. The van der Waals surface area contributed by atoms with Gasteiger partial charge in [0.15, 0.2) is 0 Å². The summed E-state index contributed by atoms with van der Waals surface area (Å²) in [4.78, 5) is 36.4. The first kappa shape index (κ1) is 20.1. The summed E-state index contributed by atoms with van der Waals surface area (Å²) in [5.74, 6) is -1.98. The zero-order valence-electron chi connectivity index (χ0n) is 15.8. The van der Waals surface area contributed by atoms with Gasteiger partial charge in [0.05, 0.1) is 16.4 Å². The summed E-state index contributed by atoms with van der Waals surface area (Å²) in [7, 11) is 0. The molecule has 0 unspecified atom stereocenters. The minimum atomic E-state index is -4.73. The lowest BCUT2D eigenvalue weighted by Gasteiger charge is -2.11. The number of esters is 1. The van der Waals surface area contributed by atoms with Crippen LogP contribution in [-0.2, 0) is 28.9 Å². The molecule has 1 N–H and O–H groups in total. The molecule has 0 radical (unpaired) electrons. The van der Waals surface area contributed by atoms with Gasteiger partial charge >= 0.3 is 12.1 Å². The maximum atomic E-state index is 13.3. The van der Waals surface area contributed by atoms with Gasteiger partial charge in [0.2, 0.25) is 5.82 Å². The standard InChI is InChI=1S/C19H15F3N4O3S/c1-9-10(2)30-17-15(9)16(28)24-13(25-17)8-29-14(27)7-26-12-6-4-3-5-11(12)23-18(26)19(20,21)22/h3-6H,7-8H2,1-2H3,(H,24,25,28). The minimum absolute atomic E-state index is 0.119. The van der Waals surface area contributed by atoms with Crippen LogP contribution < -0.4 is 5.56 Å². The predicted octanol–water partition coefficient (Wildman–Crippen LogP) is 3.71. The highest BCUT2D eigenvalue weighted by atomic mass is 32.1. The Morgan fingerprint density at radius 3 is 2.70 bits per heavy atom. The topological polar surface area (TPSA) is 89.9 Å². The van der Waals surface area contributed by atoms with Crippen molar-refractivity contribution in [1.29, 1.82) is 0 Å². The fraction of sp³-hybridized carbons (Fsp3) is 0.263. The predicted molar refractivity (Wildman–Crippen MR) is 104 cm³/mol. The quantitative estimate of drug-likeness (QED) is 0.493. The number of ether oxygens (including phenoxy) is 1. The number of hydrogen-bond donors (Lipinski definition) is 1. The molecule has 30 heavy (non-hydrogen) atoms. The van der Waals surface area contributed by atoms with E-state index < -0.39 is 24.5 Å². The van der Waals surface area contributed by atoms with E-state index in [1.165, 1.54) is 23.5 Å². The summed E-state index contributed by atoms with van der Waals surface area (Å²) < 4.78 is 45.8. The number of H-pyrrole nitrogens is 1. The molecular formula is C19H15F3N4O3S. The van der Waals surface area contributed by atoms with Gasteiger partial charge in [-0.3, -0.25) is 9.59 Å². The van der Waals surface area contributed by atoms with E-state index >= 15 is 0 Å². The lowest BCUT2D eigenvalue weighted by atomic mass is 10.2. The Morgan fingerprint density at radius 1 is 1.23 bits per heavy atom. The number of fused-ring (bicyclic) bond motifs is 2. The molecule has 0 aliphatic heterocycles. The average molecular weight is 436 g/mol. The highest BCUT2D eigenvalue weighted by Crippen LogP contribution is 2.31. The van der Waals surface area contributed by atoms with Crippen LogP contribution in [-0.4, -0.2) is 25.5 Å². The van der Waals surface area contributed by atoms with Crippen LogP contribution in [0.5, 0.6) is 0 Å². The Labute approximate surface area is 171 Å². The molecule has 0 aliphatic carbocycles. The summed E-state index contributed by atoms with van der Waals surface area (Å²) in [6.45, 7) is 2.64. The Morgan fingerprint density at radius 2 is 1.97 bits per heavy atom. The number of aromatic amines is 1. The van der Waals surface area contributed by atoms with Crippen molar-refractivity contribution in [3.8, 4) is 0 Å². The van der Waals surface area contributed by atoms with Gasteiger partial charge in [-0.25, -0.2) is 9.97 Å². The fourth-order valence-electron chi connectivity index (χ4n) is 3.14. The third-order valence-electron chi connectivity index (χ3n) is 4.65. The highest BCUT2D eigenvalue weighted by molar-refractivity contribution is 7.18. The third kappa shape index (κ3) is 3.56. The smallest absolute Gasteiger partial charge is 0.449 e. The average Bonchev–Trinajstić information content (AvgIpc) is 3.18. The first-order valence-electron chi connectivity index (χ1n) is 8.82. The third-order valence-corrected chi connectivity index (χ3v) is 5.75. The summed E-state index contributed by atoms with van der Waals surface area (Å²) in [6.07, 6.45) is -4.73. The number of aromatic nitrogens is 4. The van der Waals surface area contributed by atoms with Crippen molar-refractivity contribution in [1.82, 2.24) is 19.5 Å². The van der Waals surface area contributed by atoms with Crippen molar-refractivity contribution in [3.05, 3.63) is 56.7 Å². The molecule has 0 spiro atoms. The number of nitrogens with one attached hydrogen (secondary N) is 1. The number of thiophene rings is 1. The number of carbonyl (C=O) groups excluding carboxylic acids is 1. The molecular weight excluding hydrogens is 421 g/mol. The number of imidazole rings is 1. The van der Waals surface area contributed by atoms with Crippen molar-refractivity contribution in [3.63, 3.8) is 0 Å². The van der Waals surface area contributed by atoms with Crippen molar-refractivity contribution in [2.75, 3.05) is 0 Å².